The molecular formula is C9H10N6O. The number of anilines is 2. The molecule has 16 heavy (non-hydrogen) atoms. The lowest BCUT2D eigenvalue weighted by atomic mass is 10.2. The summed E-state index contributed by atoms with van der Waals surface area (Å²) in [7, 11) is 0. The molecule has 0 spiro atoms. The fraction of sp³-hybridized carbons (Fsp3) is 0.111. The first-order chi connectivity index (χ1) is 7.66. The van der Waals surface area contributed by atoms with Gasteiger partial charge in [0.25, 0.3) is 5.91 Å². The highest BCUT2D eigenvalue weighted by atomic mass is 16.2. The van der Waals surface area contributed by atoms with Gasteiger partial charge in [0.05, 0.1) is 0 Å². The summed E-state index contributed by atoms with van der Waals surface area (Å²) in [6.45, 7) is 1.84. The van der Waals surface area contributed by atoms with E-state index in [1.165, 1.54) is 0 Å². The standard InChI is InChI=1S/C9H10N6O/c1-5-4-11-3-2-6(5)12-8(16)7-13-9(10)15-14-7/h2-4H,1H3,(H,11,12,16)(H3,10,13,14,15). The van der Waals surface area contributed by atoms with Crippen LogP contribution in [0.1, 0.15) is 16.2 Å². The van der Waals surface area contributed by atoms with Crippen LogP contribution in [0.3, 0.4) is 0 Å². The Hall–Kier alpha value is -2.44. The van der Waals surface area contributed by atoms with Gasteiger partial charge in [-0.15, -0.1) is 5.10 Å². The van der Waals surface area contributed by atoms with E-state index in [4.69, 9.17) is 5.73 Å². The van der Waals surface area contributed by atoms with Gasteiger partial charge in [-0.05, 0) is 18.6 Å². The van der Waals surface area contributed by atoms with Crippen molar-refractivity contribution in [1.82, 2.24) is 20.2 Å². The van der Waals surface area contributed by atoms with Crippen molar-refractivity contribution in [2.24, 2.45) is 0 Å². The van der Waals surface area contributed by atoms with E-state index >= 15 is 0 Å². The van der Waals surface area contributed by atoms with Crippen LogP contribution in [-0.4, -0.2) is 26.1 Å². The number of aromatic amines is 1. The van der Waals surface area contributed by atoms with E-state index in [0.717, 1.165) is 5.56 Å². The van der Waals surface area contributed by atoms with Gasteiger partial charge in [-0.25, -0.2) is 0 Å². The van der Waals surface area contributed by atoms with Crippen LogP contribution in [0, 0.1) is 6.92 Å². The molecule has 82 valence electrons. The number of rotatable bonds is 2. The minimum Gasteiger partial charge on any atom is -0.366 e. The molecule has 7 nitrogen and oxygen atoms in total. The van der Waals surface area contributed by atoms with Gasteiger partial charge in [-0.1, -0.05) is 0 Å². The van der Waals surface area contributed by atoms with Crippen LogP contribution in [0.4, 0.5) is 11.6 Å². The van der Waals surface area contributed by atoms with Crippen molar-refractivity contribution in [2.45, 2.75) is 6.92 Å². The highest BCUT2D eigenvalue weighted by Crippen LogP contribution is 2.12. The predicted molar refractivity (Wildman–Crippen MR) is 57.7 cm³/mol. The molecule has 0 saturated carbocycles. The molecular weight excluding hydrogens is 208 g/mol. The molecule has 2 aromatic heterocycles. The fourth-order valence-electron chi connectivity index (χ4n) is 1.17. The second-order valence-corrected chi connectivity index (χ2v) is 3.19. The van der Waals surface area contributed by atoms with Crippen molar-refractivity contribution in [3.63, 3.8) is 0 Å². The maximum Gasteiger partial charge on any atom is 0.293 e. The number of nitrogens with two attached hydrogens (primary N) is 1. The topological polar surface area (TPSA) is 110 Å². The number of hydrogen-bond donors (Lipinski definition) is 3. The monoisotopic (exact) mass is 218 g/mol. The fourth-order valence-corrected chi connectivity index (χ4v) is 1.17. The molecule has 7 heteroatoms. The molecule has 0 radical (unpaired) electrons. The zero-order valence-corrected chi connectivity index (χ0v) is 8.56. The molecule has 0 bridgehead atoms. The summed E-state index contributed by atoms with van der Waals surface area (Å²) < 4.78 is 0. The van der Waals surface area contributed by atoms with Gasteiger partial charge in [0, 0.05) is 18.1 Å². The lowest BCUT2D eigenvalue weighted by molar-refractivity contribution is 0.101. The number of aryl methyl sites for hydroxylation is 1. The molecule has 0 unspecified atom stereocenters. The van der Waals surface area contributed by atoms with Crippen LogP contribution in [-0.2, 0) is 0 Å². The van der Waals surface area contributed by atoms with E-state index in [-0.39, 0.29) is 11.8 Å². The summed E-state index contributed by atoms with van der Waals surface area (Å²) in [5, 5.41) is 8.67. The average molecular weight is 218 g/mol. The van der Waals surface area contributed by atoms with E-state index in [2.05, 4.69) is 25.5 Å². The molecule has 0 aliphatic carbocycles. The van der Waals surface area contributed by atoms with Gasteiger partial charge in [0.1, 0.15) is 0 Å². The third kappa shape index (κ3) is 1.97. The molecule has 0 fully saturated rings. The molecule has 0 aliphatic heterocycles. The summed E-state index contributed by atoms with van der Waals surface area (Å²) in [5.74, 6) is -0.274. The van der Waals surface area contributed by atoms with Crippen molar-refractivity contribution < 1.29 is 4.79 Å². The number of amides is 1. The van der Waals surface area contributed by atoms with Gasteiger partial charge >= 0.3 is 0 Å². The number of aromatic nitrogens is 4. The molecule has 0 atom stereocenters. The summed E-state index contributed by atoms with van der Waals surface area (Å²) in [4.78, 5) is 19.3. The van der Waals surface area contributed by atoms with Crippen LogP contribution < -0.4 is 11.1 Å². The van der Waals surface area contributed by atoms with Crippen LogP contribution in [0.15, 0.2) is 18.5 Å². The number of nitrogen functional groups attached to an aromatic ring is 1. The maximum atomic E-state index is 11.7. The zero-order valence-electron chi connectivity index (χ0n) is 8.56. The Bertz CT molecular complexity index is 520. The molecule has 0 aliphatic rings. The van der Waals surface area contributed by atoms with Crippen molar-refractivity contribution >= 4 is 17.5 Å². The molecule has 4 N–H and O–H groups in total. The second kappa shape index (κ2) is 3.97. The third-order valence-corrected chi connectivity index (χ3v) is 1.99. The molecule has 0 aromatic carbocycles. The van der Waals surface area contributed by atoms with Crippen molar-refractivity contribution in [2.75, 3.05) is 11.1 Å². The Balaban J connectivity index is 2.17. The zero-order chi connectivity index (χ0) is 11.5. The van der Waals surface area contributed by atoms with Gasteiger partial charge in [-0.2, -0.15) is 4.98 Å². The third-order valence-electron chi connectivity index (χ3n) is 1.99. The van der Waals surface area contributed by atoms with E-state index < -0.39 is 5.91 Å². The smallest absolute Gasteiger partial charge is 0.293 e. The minimum atomic E-state index is -0.390. The van der Waals surface area contributed by atoms with Crippen LogP contribution in [0.25, 0.3) is 0 Å². The molecule has 2 aromatic rings. The summed E-state index contributed by atoms with van der Waals surface area (Å²) in [6, 6.07) is 1.70. The van der Waals surface area contributed by atoms with E-state index in [1.807, 2.05) is 6.92 Å². The van der Waals surface area contributed by atoms with Gasteiger partial charge in [0.15, 0.2) is 0 Å². The van der Waals surface area contributed by atoms with E-state index in [0.29, 0.717) is 5.69 Å². The second-order valence-electron chi connectivity index (χ2n) is 3.19. The minimum absolute atomic E-state index is 0.0385. The predicted octanol–water partition coefficient (Wildman–Crippen LogP) is 0.343. The van der Waals surface area contributed by atoms with E-state index in [9.17, 15) is 4.79 Å². The number of nitrogens with one attached hydrogen (secondary N) is 2. The summed E-state index contributed by atoms with van der Waals surface area (Å²) in [5.41, 5.74) is 6.84. The van der Waals surface area contributed by atoms with Crippen LogP contribution in [0.2, 0.25) is 0 Å². The number of carbonyl (C=O) groups is 1. The Kier molecular flexibility index (Phi) is 2.50. The quantitative estimate of drug-likeness (QED) is 0.673. The molecule has 1 amide bonds. The average Bonchev–Trinajstić information content (AvgIpc) is 2.68. The highest BCUT2D eigenvalue weighted by molar-refractivity contribution is 6.01. The summed E-state index contributed by atoms with van der Waals surface area (Å²) in [6.07, 6.45) is 3.25. The van der Waals surface area contributed by atoms with Gasteiger partial charge in [-0.3, -0.25) is 14.9 Å². The molecule has 2 rings (SSSR count). The lowest BCUT2D eigenvalue weighted by Gasteiger charge is -2.04. The summed E-state index contributed by atoms with van der Waals surface area (Å²) >= 11 is 0. The highest BCUT2D eigenvalue weighted by Gasteiger charge is 2.11. The Morgan fingerprint density at radius 1 is 1.56 bits per heavy atom. The van der Waals surface area contributed by atoms with E-state index in [1.54, 1.807) is 18.5 Å². The van der Waals surface area contributed by atoms with Crippen molar-refractivity contribution in [3.8, 4) is 0 Å². The number of H-pyrrole nitrogens is 1. The lowest BCUT2D eigenvalue weighted by Crippen LogP contribution is -2.14. The Morgan fingerprint density at radius 3 is 3.00 bits per heavy atom. The first-order valence-electron chi connectivity index (χ1n) is 4.56. The number of hydrogen-bond acceptors (Lipinski definition) is 5. The van der Waals surface area contributed by atoms with Crippen molar-refractivity contribution in [3.05, 3.63) is 29.8 Å². The van der Waals surface area contributed by atoms with Crippen LogP contribution >= 0.6 is 0 Å². The number of nitrogens with zero attached hydrogens (tertiary/aromatic N) is 3. The normalized spacial score (nSPS) is 10.1. The molecule has 2 heterocycles. The Labute approximate surface area is 91.1 Å². The number of carbonyl (C=O) groups excluding carboxylic acids is 1. The van der Waals surface area contributed by atoms with Crippen LogP contribution in [0.5, 0.6) is 0 Å². The molecule has 0 saturated heterocycles. The maximum absolute atomic E-state index is 11.7. The first kappa shape index (κ1) is 10.1. The van der Waals surface area contributed by atoms with Gasteiger partial charge in [0.2, 0.25) is 11.8 Å². The Morgan fingerprint density at radius 2 is 2.38 bits per heavy atom. The largest absolute Gasteiger partial charge is 0.366 e. The van der Waals surface area contributed by atoms with Crippen molar-refractivity contribution in [1.29, 1.82) is 0 Å². The SMILES string of the molecule is Cc1cnccc1NC(=O)c1nc(N)n[nH]1. The first-order valence-corrected chi connectivity index (χ1v) is 4.56. The number of pyridine rings is 1. The van der Waals surface area contributed by atoms with Gasteiger partial charge < -0.3 is 11.1 Å².